The van der Waals surface area contributed by atoms with E-state index >= 15 is 0 Å². The molecule has 3 nitrogen and oxygen atoms in total. The smallest absolute Gasteiger partial charge is 0.246 e. The van der Waals surface area contributed by atoms with Gasteiger partial charge >= 0.3 is 0 Å². The summed E-state index contributed by atoms with van der Waals surface area (Å²) >= 11 is 0. The van der Waals surface area contributed by atoms with Crippen molar-refractivity contribution in [2.24, 2.45) is 0 Å². The van der Waals surface area contributed by atoms with Crippen LogP contribution >= 0.6 is 0 Å². The Balaban J connectivity index is 1.46. The molecule has 0 radical (unpaired) electrons. The number of aryl methyl sites for hydroxylation is 3. The number of nitrogens with zero attached hydrogens (tertiary/aromatic N) is 2. The topological polar surface area (TPSA) is 23.6 Å². The summed E-state index contributed by atoms with van der Waals surface area (Å²) in [5.41, 5.74) is 7.43. The minimum atomic E-state index is 0.0902. The van der Waals surface area contributed by atoms with Crippen LogP contribution in [0.25, 0.3) is 6.08 Å². The van der Waals surface area contributed by atoms with Gasteiger partial charge in [0.15, 0.2) is 0 Å². The molecule has 0 aliphatic carbocycles. The van der Waals surface area contributed by atoms with Crippen molar-refractivity contribution in [3.05, 3.63) is 112 Å². The minimum absolute atomic E-state index is 0.0902. The maximum atomic E-state index is 12.8. The Kier molecular flexibility index (Phi) is 6.87. The number of rotatable bonds is 5. The van der Waals surface area contributed by atoms with E-state index in [1.165, 1.54) is 27.8 Å². The summed E-state index contributed by atoms with van der Waals surface area (Å²) in [4.78, 5) is 17.2. The number of carbonyl (C=O) groups excluding carboxylic acids is 1. The summed E-state index contributed by atoms with van der Waals surface area (Å²) in [7, 11) is 0. The SMILES string of the molecule is Cc1ccc(/C=C/C(=O)N2CCN(C(c3ccc(C)cc3)c3ccc(C)cc3)CC2)cc1. The standard InChI is InChI=1S/C29H32N2O/c1-22-4-10-25(11-5-22)12-17-28(32)30-18-20-31(21-19-30)29(26-13-6-23(2)7-14-26)27-15-8-24(3)9-16-27/h4-17,29H,18-21H2,1-3H3/b17-12+. The average Bonchev–Trinajstić information content (AvgIpc) is 2.81. The highest BCUT2D eigenvalue weighted by atomic mass is 16.2. The van der Waals surface area contributed by atoms with Gasteiger partial charge in [-0.2, -0.15) is 0 Å². The Bertz CT molecular complexity index is 1010. The first-order valence-corrected chi connectivity index (χ1v) is 11.4. The van der Waals surface area contributed by atoms with Gasteiger partial charge < -0.3 is 4.90 Å². The molecule has 0 atom stereocenters. The zero-order valence-electron chi connectivity index (χ0n) is 19.3. The predicted molar refractivity (Wildman–Crippen MR) is 133 cm³/mol. The van der Waals surface area contributed by atoms with Crippen LogP contribution in [0.15, 0.2) is 78.9 Å². The van der Waals surface area contributed by atoms with Gasteiger partial charge in [0.25, 0.3) is 0 Å². The van der Waals surface area contributed by atoms with E-state index in [1.807, 2.05) is 23.1 Å². The maximum Gasteiger partial charge on any atom is 0.246 e. The second-order valence-corrected chi connectivity index (χ2v) is 8.83. The Labute approximate surface area is 192 Å². The van der Waals surface area contributed by atoms with Crippen molar-refractivity contribution < 1.29 is 4.79 Å². The van der Waals surface area contributed by atoms with Crippen LogP contribution in [0.4, 0.5) is 0 Å². The van der Waals surface area contributed by atoms with Gasteiger partial charge in [0.1, 0.15) is 0 Å². The minimum Gasteiger partial charge on any atom is -0.337 e. The fraction of sp³-hybridized carbons (Fsp3) is 0.276. The van der Waals surface area contributed by atoms with Gasteiger partial charge in [0, 0.05) is 32.3 Å². The van der Waals surface area contributed by atoms with E-state index in [9.17, 15) is 4.79 Å². The summed E-state index contributed by atoms with van der Waals surface area (Å²) in [6.07, 6.45) is 3.62. The fourth-order valence-corrected chi connectivity index (χ4v) is 4.26. The van der Waals surface area contributed by atoms with E-state index in [-0.39, 0.29) is 11.9 Å². The lowest BCUT2D eigenvalue weighted by Crippen LogP contribution is -2.49. The summed E-state index contributed by atoms with van der Waals surface area (Å²) in [6.45, 7) is 9.51. The summed E-state index contributed by atoms with van der Waals surface area (Å²) < 4.78 is 0. The summed E-state index contributed by atoms with van der Waals surface area (Å²) in [6, 6.07) is 26.1. The lowest BCUT2D eigenvalue weighted by Gasteiger charge is -2.39. The highest BCUT2D eigenvalue weighted by Crippen LogP contribution is 2.30. The van der Waals surface area contributed by atoms with Crippen LogP contribution in [0, 0.1) is 20.8 Å². The van der Waals surface area contributed by atoms with Crippen LogP contribution in [0.3, 0.4) is 0 Å². The van der Waals surface area contributed by atoms with Crippen LogP contribution in [-0.2, 0) is 4.79 Å². The van der Waals surface area contributed by atoms with Crippen molar-refractivity contribution >= 4 is 12.0 Å². The van der Waals surface area contributed by atoms with Crippen LogP contribution in [0.2, 0.25) is 0 Å². The molecule has 164 valence electrons. The largest absolute Gasteiger partial charge is 0.337 e. The molecule has 1 fully saturated rings. The van der Waals surface area contributed by atoms with Crippen molar-refractivity contribution in [1.29, 1.82) is 0 Å². The predicted octanol–water partition coefficient (Wildman–Crippen LogP) is 5.56. The molecule has 32 heavy (non-hydrogen) atoms. The van der Waals surface area contributed by atoms with E-state index in [0.29, 0.717) is 0 Å². The van der Waals surface area contributed by atoms with E-state index < -0.39 is 0 Å². The second kappa shape index (κ2) is 9.97. The molecule has 3 aromatic rings. The van der Waals surface area contributed by atoms with Gasteiger partial charge in [-0.3, -0.25) is 9.69 Å². The zero-order valence-corrected chi connectivity index (χ0v) is 19.3. The van der Waals surface area contributed by atoms with Crippen LogP contribution in [-0.4, -0.2) is 41.9 Å². The number of hydrogen-bond acceptors (Lipinski definition) is 2. The van der Waals surface area contributed by atoms with E-state index in [0.717, 1.165) is 31.7 Å². The van der Waals surface area contributed by atoms with E-state index in [1.54, 1.807) is 6.08 Å². The van der Waals surface area contributed by atoms with Gasteiger partial charge in [-0.05, 0) is 43.5 Å². The number of benzene rings is 3. The highest BCUT2D eigenvalue weighted by Gasteiger charge is 2.27. The number of carbonyl (C=O) groups is 1. The van der Waals surface area contributed by atoms with Crippen LogP contribution in [0.5, 0.6) is 0 Å². The van der Waals surface area contributed by atoms with Crippen LogP contribution in [0.1, 0.15) is 39.4 Å². The molecule has 3 aromatic carbocycles. The molecule has 4 rings (SSSR count). The van der Waals surface area contributed by atoms with Crippen molar-refractivity contribution in [3.8, 4) is 0 Å². The highest BCUT2D eigenvalue weighted by molar-refractivity contribution is 5.91. The first-order valence-electron chi connectivity index (χ1n) is 11.4. The Morgan fingerprint density at radius 1 is 0.688 bits per heavy atom. The zero-order chi connectivity index (χ0) is 22.5. The van der Waals surface area contributed by atoms with Crippen molar-refractivity contribution in [2.45, 2.75) is 26.8 Å². The quantitative estimate of drug-likeness (QED) is 0.501. The van der Waals surface area contributed by atoms with E-state index in [2.05, 4.69) is 86.3 Å². The molecule has 1 aliphatic rings. The number of amides is 1. The summed E-state index contributed by atoms with van der Waals surface area (Å²) in [5, 5.41) is 0. The molecule has 3 heteroatoms. The number of hydrogen-bond donors (Lipinski definition) is 0. The fourth-order valence-electron chi connectivity index (χ4n) is 4.26. The first-order chi connectivity index (χ1) is 15.5. The second-order valence-electron chi connectivity index (χ2n) is 8.83. The molecule has 0 saturated carbocycles. The van der Waals surface area contributed by atoms with Gasteiger partial charge in [0.2, 0.25) is 5.91 Å². The van der Waals surface area contributed by atoms with Crippen molar-refractivity contribution in [3.63, 3.8) is 0 Å². The monoisotopic (exact) mass is 424 g/mol. The Morgan fingerprint density at radius 2 is 1.12 bits per heavy atom. The molecule has 0 N–H and O–H groups in total. The molecule has 1 amide bonds. The third-order valence-corrected chi connectivity index (χ3v) is 6.27. The summed E-state index contributed by atoms with van der Waals surface area (Å²) in [5.74, 6) is 0.0902. The van der Waals surface area contributed by atoms with Gasteiger partial charge in [0.05, 0.1) is 6.04 Å². The molecule has 0 spiro atoms. The van der Waals surface area contributed by atoms with Crippen molar-refractivity contribution in [1.82, 2.24) is 9.80 Å². The molecular formula is C29H32N2O. The molecule has 1 saturated heterocycles. The van der Waals surface area contributed by atoms with Gasteiger partial charge in [-0.15, -0.1) is 0 Å². The van der Waals surface area contributed by atoms with Crippen molar-refractivity contribution in [2.75, 3.05) is 26.2 Å². The van der Waals surface area contributed by atoms with Gasteiger partial charge in [-0.25, -0.2) is 0 Å². The lowest BCUT2D eigenvalue weighted by atomic mass is 9.95. The molecule has 1 heterocycles. The Hall–Kier alpha value is -3.17. The van der Waals surface area contributed by atoms with Gasteiger partial charge in [-0.1, -0.05) is 89.5 Å². The normalized spacial score (nSPS) is 14.9. The lowest BCUT2D eigenvalue weighted by molar-refractivity contribution is -0.127. The van der Waals surface area contributed by atoms with E-state index in [4.69, 9.17) is 0 Å². The molecule has 0 aromatic heterocycles. The molecular weight excluding hydrogens is 392 g/mol. The Morgan fingerprint density at radius 3 is 1.59 bits per heavy atom. The molecule has 1 aliphatic heterocycles. The number of piperazine rings is 1. The molecule has 0 unspecified atom stereocenters. The molecule has 0 bridgehead atoms. The average molecular weight is 425 g/mol. The third kappa shape index (κ3) is 5.35. The third-order valence-electron chi connectivity index (χ3n) is 6.27. The maximum absolute atomic E-state index is 12.8. The van der Waals surface area contributed by atoms with Crippen LogP contribution < -0.4 is 0 Å². The first kappa shape index (κ1) is 22.0.